The van der Waals surface area contributed by atoms with E-state index in [1.807, 2.05) is 0 Å². The lowest BCUT2D eigenvalue weighted by molar-refractivity contribution is 1.61. The van der Waals surface area contributed by atoms with Gasteiger partial charge in [0.15, 0.2) is 0 Å². The Balaban J connectivity index is 1.54. The van der Waals surface area contributed by atoms with Gasteiger partial charge in [-0.1, -0.05) is 164 Å². The Morgan fingerprint density at radius 1 is 0.333 bits per heavy atom. The molecule has 0 saturated heterocycles. The zero-order valence-corrected chi connectivity index (χ0v) is 25.6. The molecule has 0 radical (unpaired) electrons. The smallest absolute Gasteiger partial charge is 0.100 e. The Morgan fingerprint density at radius 2 is 0.619 bits per heavy atom. The maximum atomic E-state index is 3.75. The Hall–Kier alpha value is -4.86. The van der Waals surface area contributed by atoms with Crippen molar-refractivity contribution in [3.63, 3.8) is 0 Å². The van der Waals surface area contributed by atoms with Crippen LogP contribution in [-0.4, -0.2) is 8.07 Å². The second kappa shape index (κ2) is 12.8. The molecule has 0 N–H and O–H groups in total. The van der Waals surface area contributed by atoms with Crippen LogP contribution in [0.1, 0.15) is 0 Å². The van der Waals surface area contributed by atoms with Crippen molar-refractivity contribution in [2.24, 2.45) is 0 Å². The minimum atomic E-state index is -2.82. The summed E-state index contributed by atoms with van der Waals surface area (Å²) < 4.78 is 0. The molecule has 0 aliphatic rings. The molecule has 0 aliphatic carbocycles. The van der Waals surface area contributed by atoms with E-state index in [1.54, 1.807) is 0 Å². The van der Waals surface area contributed by atoms with Gasteiger partial charge in [0.25, 0.3) is 0 Å². The molecule has 0 nitrogen and oxygen atoms in total. The molecule has 198 valence electrons. The van der Waals surface area contributed by atoms with Crippen LogP contribution in [0.3, 0.4) is 0 Å². The maximum absolute atomic E-state index is 3.75. The second-order valence-electron chi connectivity index (χ2n) is 10.0. The predicted octanol–water partition coefficient (Wildman–Crippen LogP) is 8.06. The van der Waals surface area contributed by atoms with E-state index in [2.05, 4.69) is 202 Å². The normalized spacial score (nSPS) is 10.6. The lowest BCUT2D eigenvalue weighted by atomic mass is 10.1. The van der Waals surface area contributed by atoms with E-state index in [1.165, 1.54) is 48.9 Å². The van der Waals surface area contributed by atoms with E-state index in [-0.39, 0.29) is 0 Å². The fraction of sp³-hybridized carbons (Fsp3) is 0. The minimum Gasteiger partial charge on any atom is -0.100 e. The minimum absolute atomic E-state index is 1.19. The first-order valence-electron chi connectivity index (χ1n) is 13.9. The number of rotatable bonds is 6. The fourth-order valence-electron chi connectivity index (χ4n) is 5.49. The third-order valence-corrected chi connectivity index (χ3v) is 11.9. The molecule has 2 heteroatoms. The summed E-state index contributed by atoms with van der Waals surface area (Å²) in [4.78, 5) is 2.80. The van der Waals surface area contributed by atoms with Crippen LogP contribution in [0.15, 0.2) is 164 Å². The quantitative estimate of drug-likeness (QED) is 0.101. The third kappa shape index (κ3) is 5.65. The van der Waals surface area contributed by atoms with Gasteiger partial charge in [0.1, 0.15) is 0 Å². The van der Waals surface area contributed by atoms with Crippen LogP contribution >= 0.6 is 15.9 Å². The summed E-state index contributed by atoms with van der Waals surface area (Å²) in [6.45, 7) is 0. The molecule has 0 amide bonds. The highest BCUT2D eigenvalue weighted by Crippen LogP contribution is 2.22. The van der Waals surface area contributed by atoms with Crippen molar-refractivity contribution in [2.75, 3.05) is 0 Å². The largest absolute Gasteiger partial charge is 0.231 e. The van der Waals surface area contributed by atoms with Gasteiger partial charge in [0.2, 0.25) is 8.07 Å². The summed E-state index contributed by atoms with van der Waals surface area (Å²) >= 11 is 3.24. The average Bonchev–Trinajstić information content (AvgIpc) is 3.08. The van der Waals surface area contributed by atoms with Gasteiger partial charge in [-0.25, -0.2) is 0 Å². The Bertz CT molecular complexity index is 1690. The lowest BCUT2D eigenvalue weighted by Gasteiger charge is -2.28. The first-order valence-corrected chi connectivity index (χ1v) is 16.7. The first kappa shape index (κ1) is 27.3. The van der Waals surface area contributed by atoms with Crippen molar-refractivity contribution in [1.29, 1.82) is 0 Å². The molecule has 6 rings (SSSR count). The first-order chi connectivity index (χ1) is 20.8. The molecule has 0 aromatic heterocycles. The van der Waals surface area contributed by atoms with Gasteiger partial charge in [0, 0.05) is 15.9 Å². The van der Waals surface area contributed by atoms with Gasteiger partial charge in [0.05, 0.1) is 0 Å². The van der Waals surface area contributed by atoms with Gasteiger partial charge >= 0.3 is 0 Å². The van der Waals surface area contributed by atoms with Crippen molar-refractivity contribution in [3.8, 4) is 55.6 Å². The summed E-state index contributed by atoms with van der Waals surface area (Å²) in [6.07, 6.45) is 0. The van der Waals surface area contributed by atoms with E-state index >= 15 is 0 Å². The molecule has 6 aromatic carbocycles. The summed E-state index contributed by atoms with van der Waals surface area (Å²) in [6, 6.07) is 58.4. The fourth-order valence-corrected chi connectivity index (χ4v) is 9.28. The average molecular weight is 616 g/mol. The molecule has 0 spiro atoms. The monoisotopic (exact) mass is 614 g/mol. The Morgan fingerprint density at radius 3 is 0.905 bits per heavy atom. The Labute approximate surface area is 257 Å². The molecule has 0 fully saturated rings. The van der Waals surface area contributed by atoms with Crippen LogP contribution in [-0.2, 0) is 0 Å². The number of hydrogen-bond donors (Lipinski definition) is 0. The van der Waals surface area contributed by atoms with Gasteiger partial charge < -0.3 is 0 Å². The molecule has 0 heterocycles. The summed E-state index contributed by atoms with van der Waals surface area (Å²) in [7, 11) is -2.82. The topological polar surface area (TPSA) is 0 Å². The van der Waals surface area contributed by atoms with E-state index < -0.39 is 8.07 Å². The summed E-state index contributed by atoms with van der Waals surface area (Å²) in [5, 5.41) is 3.68. The molecule has 6 aromatic rings. The van der Waals surface area contributed by atoms with Crippen LogP contribution in [0, 0.1) is 22.2 Å². The molecule has 0 bridgehead atoms. The van der Waals surface area contributed by atoms with Gasteiger partial charge in [-0.3, -0.25) is 0 Å². The molecule has 0 saturated carbocycles. The lowest BCUT2D eigenvalue weighted by Crippen LogP contribution is -2.66. The maximum Gasteiger partial charge on any atom is 0.231 e. The van der Waals surface area contributed by atoms with Crippen LogP contribution in [0.2, 0.25) is 0 Å². The third-order valence-electron chi connectivity index (χ3n) is 7.63. The molecule has 42 heavy (non-hydrogen) atoms. The van der Waals surface area contributed by atoms with Crippen molar-refractivity contribution >= 4 is 39.6 Å². The van der Waals surface area contributed by atoms with Crippen molar-refractivity contribution in [2.45, 2.75) is 0 Å². The van der Waals surface area contributed by atoms with Crippen molar-refractivity contribution in [1.82, 2.24) is 0 Å². The standard InChI is InChI=1S/C40H27BrSi/c41-30-10-11-31-42(38-24-18-35(19-25-38)32-12-4-1-5-13-32,39-26-20-36(21-27-39)33-14-6-2-7-15-33)40-28-22-37(23-29-40)34-16-8-3-9-17-34/h1-9,12-29H. The van der Waals surface area contributed by atoms with Crippen LogP contribution in [0.4, 0.5) is 0 Å². The molecule has 0 atom stereocenters. The van der Waals surface area contributed by atoms with E-state index in [4.69, 9.17) is 0 Å². The van der Waals surface area contributed by atoms with Crippen molar-refractivity contribution in [3.05, 3.63) is 164 Å². The van der Waals surface area contributed by atoms with Crippen LogP contribution in [0.5, 0.6) is 0 Å². The Kier molecular flexibility index (Phi) is 8.30. The predicted molar refractivity (Wildman–Crippen MR) is 185 cm³/mol. The molecule has 0 aliphatic heterocycles. The van der Waals surface area contributed by atoms with Crippen molar-refractivity contribution < 1.29 is 0 Å². The highest BCUT2D eigenvalue weighted by molar-refractivity contribution is 9.12. The van der Waals surface area contributed by atoms with E-state index in [9.17, 15) is 0 Å². The molecule has 0 unspecified atom stereocenters. The van der Waals surface area contributed by atoms with Gasteiger partial charge in [-0.05, 0) is 65.6 Å². The number of halogens is 1. The zero-order chi connectivity index (χ0) is 28.6. The van der Waals surface area contributed by atoms with Crippen LogP contribution < -0.4 is 15.6 Å². The summed E-state index contributed by atoms with van der Waals surface area (Å²) in [5.74, 6) is 6.18. The van der Waals surface area contributed by atoms with E-state index in [0.717, 1.165) is 0 Å². The summed E-state index contributed by atoms with van der Waals surface area (Å²) in [5.41, 5.74) is 10.9. The molecular formula is C40H27BrSi. The zero-order valence-electron chi connectivity index (χ0n) is 23.0. The van der Waals surface area contributed by atoms with E-state index in [0.29, 0.717) is 0 Å². The van der Waals surface area contributed by atoms with Crippen LogP contribution in [0.25, 0.3) is 33.4 Å². The number of benzene rings is 6. The highest BCUT2D eigenvalue weighted by Gasteiger charge is 2.38. The van der Waals surface area contributed by atoms with Gasteiger partial charge in [-0.15, -0.1) is 5.54 Å². The second-order valence-corrected chi connectivity index (χ2v) is 13.9. The number of hydrogen-bond acceptors (Lipinski definition) is 0. The molecular weight excluding hydrogens is 588 g/mol. The highest BCUT2D eigenvalue weighted by atomic mass is 79.9. The SMILES string of the molecule is BrC#CC#C[Si](c1ccc(-c2ccccc2)cc1)(c1ccc(-c2ccccc2)cc1)c1ccc(-c2ccccc2)cc1. The van der Waals surface area contributed by atoms with Gasteiger partial charge in [-0.2, -0.15) is 0 Å².